The number of nitrogens with zero attached hydrogens (tertiary/aromatic N) is 5. The Hall–Kier alpha value is -4.35. The van der Waals surface area contributed by atoms with Crippen molar-refractivity contribution >= 4 is 33.9 Å². The van der Waals surface area contributed by atoms with E-state index in [1.54, 1.807) is 24.5 Å². The number of rotatable bonds is 6. The fourth-order valence-corrected chi connectivity index (χ4v) is 4.36. The van der Waals surface area contributed by atoms with Crippen molar-refractivity contribution in [2.75, 3.05) is 23.7 Å². The predicted octanol–water partition coefficient (Wildman–Crippen LogP) is 3.59. The van der Waals surface area contributed by atoms with Crippen LogP contribution in [0.5, 0.6) is 0 Å². The molecule has 4 N–H and O–H groups in total. The second-order valence-corrected chi connectivity index (χ2v) is 8.79. The molecule has 11 heteroatoms. The fraction of sp³-hybridized carbons (Fsp3) is 0.192. The number of aliphatic hydroxyl groups is 1. The number of allylic oxidation sites excluding steroid dienone is 4. The number of aliphatic hydroxyl groups excluding tert-OH is 1. The average Bonchev–Trinajstić information content (AvgIpc) is 2.87. The number of pyridine rings is 3. The molecule has 1 aliphatic carbocycles. The lowest BCUT2D eigenvalue weighted by atomic mass is 9.97. The minimum absolute atomic E-state index is 0.198. The number of nitrogens with one attached hydrogen (secondary N) is 3. The Morgan fingerprint density at radius 1 is 1.05 bits per heavy atom. The maximum absolute atomic E-state index is 14.1. The number of fused-ring (bicyclic) bond motifs is 1. The summed E-state index contributed by atoms with van der Waals surface area (Å²) in [4.78, 5) is 21.7. The molecule has 186 valence electrons. The molecule has 4 aromatic rings. The Kier molecular flexibility index (Phi) is 5.99. The predicted molar refractivity (Wildman–Crippen MR) is 136 cm³/mol. The molecule has 1 saturated heterocycles. The lowest BCUT2D eigenvalue weighted by Crippen LogP contribution is -2.47. The van der Waals surface area contributed by atoms with E-state index < -0.39 is 17.9 Å². The minimum Gasteiger partial charge on any atom is -0.390 e. The van der Waals surface area contributed by atoms with E-state index in [4.69, 9.17) is 9.97 Å². The zero-order valence-corrected chi connectivity index (χ0v) is 19.5. The van der Waals surface area contributed by atoms with E-state index in [1.807, 2.05) is 18.2 Å². The van der Waals surface area contributed by atoms with E-state index >= 15 is 0 Å². The van der Waals surface area contributed by atoms with Crippen LogP contribution in [0.2, 0.25) is 0 Å². The first-order chi connectivity index (χ1) is 18.0. The van der Waals surface area contributed by atoms with Crippen LogP contribution in [0, 0.1) is 11.8 Å². The smallest absolute Gasteiger partial charge is 0.214 e. The molecule has 9 nitrogen and oxygen atoms in total. The number of anilines is 3. The highest BCUT2D eigenvalue weighted by Gasteiger charge is 2.25. The summed E-state index contributed by atoms with van der Waals surface area (Å²) in [6.07, 6.45) is 11.0. The van der Waals surface area contributed by atoms with Crippen LogP contribution in [-0.4, -0.2) is 55.3 Å². The molecule has 0 aromatic carbocycles. The second-order valence-electron chi connectivity index (χ2n) is 8.79. The van der Waals surface area contributed by atoms with Gasteiger partial charge < -0.3 is 21.1 Å². The van der Waals surface area contributed by atoms with Gasteiger partial charge in [0.1, 0.15) is 11.6 Å². The Morgan fingerprint density at radius 2 is 1.95 bits per heavy atom. The molecular weight excluding hydrogens is 478 g/mol. The third-order valence-corrected chi connectivity index (χ3v) is 6.32. The van der Waals surface area contributed by atoms with Gasteiger partial charge in [0.15, 0.2) is 17.5 Å². The molecule has 0 bridgehead atoms. The summed E-state index contributed by atoms with van der Waals surface area (Å²) in [6, 6.07) is 5.09. The topological polar surface area (TPSA) is 121 Å². The first-order valence-corrected chi connectivity index (χ1v) is 11.8. The van der Waals surface area contributed by atoms with Gasteiger partial charge in [-0.1, -0.05) is 18.2 Å². The summed E-state index contributed by atoms with van der Waals surface area (Å²) in [5.74, 6) is -0.587. The van der Waals surface area contributed by atoms with Crippen molar-refractivity contribution in [3.05, 3.63) is 78.4 Å². The highest BCUT2D eigenvalue weighted by molar-refractivity contribution is 6.02. The Balaban J connectivity index is 1.42. The minimum atomic E-state index is -0.812. The van der Waals surface area contributed by atoms with Crippen LogP contribution in [-0.2, 0) is 0 Å². The first-order valence-electron chi connectivity index (χ1n) is 11.8. The third-order valence-electron chi connectivity index (χ3n) is 6.32. The molecule has 4 aromatic heterocycles. The zero-order chi connectivity index (χ0) is 25.4. The lowest BCUT2D eigenvalue weighted by molar-refractivity contribution is 0.128. The monoisotopic (exact) mass is 500 g/mol. The summed E-state index contributed by atoms with van der Waals surface area (Å²) >= 11 is 0. The average molecular weight is 501 g/mol. The van der Waals surface area contributed by atoms with Crippen molar-refractivity contribution in [3.63, 3.8) is 0 Å². The van der Waals surface area contributed by atoms with Crippen LogP contribution in [0.1, 0.15) is 12.0 Å². The van der Waals surface area contributed by atoms with Crippen LogP contribution in [0.15, 0.2) is 61.1 Å². The van der Waals surface area contributed by atoms with Gasteiger partial charge >= 0.3 is 0 Å². The quantitative estimate of drug-likeness (QED) is 0.294. The summed E-state index contributed by atoms with van der Waals surface area (Å²) in [6.45, 7) is 1.26. The Labute approximate surface area is 210 Å². The van der Waals surface area contributed by atoms with E-state index in [1.165, 1.54) is 6.20 Å². The molecule has 0 saturated carbocycles. The molecule has 2 aliphatic rings. The molecule has 2 atom stereocenters. The standard InChI is InChI=1S/C26H22F2N8O/c27-17-4-5-21(28)34-25(17)35-22-10-15(6-9-31-22)24-33-19-12-30-11-16(14-2-1-3-14)23(19)26(36-24)32-18-7-8-29-13-20(18)37/h1-6,9-12,18,20,29,37H,7-8,13H2,(H,31,34,35)(H,32,33,36). The largest absolute Gasteiger partial charge is 0.390 e. The second kappa shape index (κ2) is 9.60. The number of β-amino-alcohol motifs (C(OH)–C–C–N with tert-alkyl or cyclic N) is 1. The Bertz CT molecular complexity index is 1560. The van der Waals surface area contributed by atoms with Crippen LogP contribution in [0.4, 0.5) is 26.2 Å². The van der Waals surface area contributed by atoms with Crippen LogP contribution in [0.25, 0.3) is 27.9 Å². The summed E-state index contributed by atoms with van der Waals surface area (Å²) in [5.41, 5.74) is 3.13. The number of hydrogen-bond donors (Lipinski definition) is 4. The van der Waals surface area contributed by atoms with Crippen LogP contribution >= 0.6 is 0 Å². The molecule has 1 aliphatic heterocycles. The third kappa shape index (κ3) is 4.61. The van der Waals surface area contributed by atoms with Gasteiger partial charge in [0.25, 0.3) is 0 Å². The highest BCUT2D eigenvalue weighted by Crippen LogP contribution is 2.34. The zero-order valence-electron chi connectivity index (χ0n) is 19.5. The normalized spacial score (nSPS) is 18.8. The Morgan fingerprint density at radius 3 is 2.76 bits per heavy atom. The van der Waals surface area contributed by atoms with Gasteiger partial charge in [0.05, 0.1) is 29.2 Å². The summed E-state index contributed by atoms with van der Waals surface area (Å²) in [7, 11) is 0. The molecule has 1 fully saturated rings. The van der Waals surface area contributed by atoms with Crippen molar-refractivity contribution in [1.29, 1.82) is 0 Å². The number of halogens is 2. The number of piperidine rings is 1. The van der Waals surface area contributed by atoms with Crippen molar-refractivity contribution in [2.45, 2.75) is 18.6 Å². The van der Waals surface area contributed by atoms with E-state index in [2.05, 4.69) is 30.9 Å². The van der Waals surface area contributed by atoms with Gasteiger partial charge in [-0.2, -0.15) is 9.37 Å². The molecule has 6 rings (SSSR count). The summed E-state index contributed by atoms with van der Waals surface area (Å²) in [5, 5.41) is 20.7. The lowest BCUT2D eigenvalue weighted by Gasteiger charge is -2.30. The van der Waals surface area contributed by atoms with Gasteiger partial charge in [-0.3, -0.25) is 4.98 Å². The SMILES string of the molecule is OC1CNCCC1Nc1nc(-c2ccnc(Nc3nc(F)ccc3F)c2)nc2cncc(C3=CC=C3)c12. The molecule has 0 radical (unpaired) electrons. The van der Waals surface area contributed by atoms with Crippen LogP contribution in [0.3, 0.4) is 0 Å². The fourth-order valence-electron chi connectivity index (χ4n) is 4.36. The van der Waals surface area contributed by atoms with E-state index in [-0.39, 0.29) is 17.7 Å². The van der Waals surface area contributed by atoms with Gasteiger partial charge in [-0.25, -0.2) is 19.3 Å². The van der Waals surface area contributed by atoms with Crippen molar-refractivity contribution in [2.24, 2.45) is 0 Å². The van der Waals surface area contributed by atoms with Crippen molar-refractivity contribution in [1.82, 2.24) is 30.2 Å². The number of hydrogen-bond acceptors (Lipinski definition) is 9. The van der Waals surface area contributed by atoms with Crippen molar-refractivity contribution < 1.29 is 13.9 Å². The maximum Gasteiger partial charge on any atom is 0.214 e. The molecular formula is C26H22F2N8O. The summed E-state index contributed by atoms with van der Waals surface area (Å²) < 4.78 is 27.6. The molecule has 5 heterocycles. The number of aromatic nitrogens is 5. The first kappa shape index (κ1) is 23.1. The molecule has 0 amide bonds. The molecule has 0 spiro atoms. The van der Waals surface area contributed by atoms with Crippen molar-refractivity contribution in [3.8, 4) is 11.4 Å². The van der Waals surface area contributed by atoms with Gasteiger partial charge in [0.2, 0.25) is 5.95 Å². The highest BCUT2D eigenvalue weighted by atomic mass is 19.1. The van der Waals surface area contributed by atoms with E-state index in [0.717, 1.165) is 41.6 Å². The molecule has 2 unspecified atom stereocenters. The van der Waals surface area contributed by atoms with Gasteiger partial charge in [-0.05, 0) is 42.8 Å². The van der Waals surface area contributed by atoms with Crippen LogP contribution < -0.4 is 16.0 Å². The van der Waals surface area contributed by atoms with E-state index in [9.17, 15) is 13.9 Å². The maximum atomic E-state index is 14.1. The molecule has 37 heavy (non-hydrogen) atoms. The van der Waals surface area contributed by atoms with Gasteiger partial charge in [0, 0.05) is 30.1 Å². The van der Waals surface area contributed by atoms with E-state index in [0.29, 0.717) is 29.3 Å². The van der Waals surface area contributed by atoms with Gasteiger partial charge in [-0.15, -0.1) is 0 Å².